The van der Waals surface area contributed by atoms with Crippen LogP contribution in [0.1, 0.15) is 16.1 Å². The van der Waals surface area contributed by atoms with E-state index in [4.69, 9.17) is 0 Å². The maximum absolute atomic E-state index is 12.9. The first-order valence-corrected chi connectivity index (χ1v) is 7.43. The van der Waals surface area contributed by atoms with Gasteiger partial charge in [0.1, 0.15) is 11.5 Å². The van der Waals surface area contributed by atoms with E-state index >= 15 is 0 Å². The first kappa shape index (κ1) is 15.4. The molecule has 1 aromatic heterocycles. The summed E-state index contributed by atoms with van der Waals surface area (Å²) in [4.78, 5) is 27.2. The summed E-state index contributed by atoms with van der Waals surface area (Å²) in [5.41, 5.74) is 0.968. The molecule has 0 atom stereocenters. The van der Waals surface area contributed by atoms with Crippen LogP contribution in [0.15, 0.2) is 41.2 Å². The van der Waals surface area contributed by atoms with Crippen molar-refractivity contribution in [2.45, 2.75) is 6.54 Å². The second-order valence-electron chi connectivity index (χ2n) is 5.50. The number of aromatic nitrogens is 2. The van der Waals surface area contributed by atoms with E-state index in [0.29, 0.717) is 13.1 Å². The molecule has 1 saturated heterocycles. The summed E-state index contributed by atoms with van der Waals surface area (Å²) in [6.45, 7) is 3.42. The largest absolute Gasteiger partial charge is 0.335 e. The van der Waals surface area contributed by atoms with Gasteiger partial charge in [-0.3, -0.25) is 14.5 Å². The van der Waals surface area contributed by atoms with Gasteiger partial charge in [-0.2, -0.15) is 5.10 Å². The molecule has 6 nitrogen and oxygen atoms in total. The number of carbonyl (C=O) groups excluding carboxylic acids is 1. The number of amides is 1. The molecule has 1 amide bonds. The van der Waals surface area contributed by atoms with Crippen LogP contribution in [0, 0.1) is 5.82 Å². The van der Waals surface area contributed by atoms with Gasteiger partial charge >= 0.3 is 0 Å². The second kappa shape index (κ2) is 6.70. The van der Waals surface area contributed by atoms with Crippen molar-refractivity contribution < 1.29 is 9.18 Å². The molecule has 0 unspecified atom stereocenters. The van der Waals surface area contributed by atoms with E-state index in [1.807, 2.05) is 0 Å². The van der Waals surface area contributed by atoms with E-state index in [1.165, 1.54) is 24.3 Å². The van der Waals surface area contributed by atoms with E-state index in [9.17, 15) is 14.0 Å². The maximum Gasteiger partial charge on any atom is 0.274 e. The fraction of sp³-hybridized carbons (Fsp3) is 0.312. The van der Waals surface area contributed by atoms with Gasteiger partial charge in [0.05, 0.1) is 0 Å². The molecule has 23 heavy (non-hydrogen) atoms. The summed E-state index contributed by atoms with van der Waals surface area (Å²) in [7, 11) is 0. The molecule has 2 heterocycles. The van der Waals surface area contributed by atoms with E-state index < -0.39 is 0 Å². The molecule has 2 aromatic rings. The number of aromatic amines is 1. The van der Waals surface area contributed by atoms with Gasteiger partial charge in [0.25, 0.3) is 11.5 Å². The normalized spacial score (nSPS) is 15.6. The number of hydrogen-bond acceptors (Lipinski definition) is 4. The second-order valence-corrected chi connectivity index (χ2v) is 5.50. The first-order valence-electron chi connectivity index (χ1n) is 7.43. The third kappa shape index (κ3) is 3.81. The number of piperazine rings is 1. The number of hydrogen-bond donors (Lipinski definition) is 1. The molecule has 1 aliphatic rings. The molecular formula is C16H17FN4O2. The fourth-order valence-electron chi connectivity index (χ4n) is 2.58. The molecule has 0 aliphatic carbocycles. The van der Waals surface area contributed by atoms with Gasteiger partial charge in [-0.15, -0.1) is 0 Å². The van der Waals surface area contributed by atoms with E-state index in [2.05, 4.69) is 15.1 Å². The zero-order valence-corrected chi connectivity index (χ0v) is 12.5. The Kier molecular flexibility index (Phi) is 4.47. The van der Waals surface area contributed by atoms with Crippen LogP contribution >= 0.6 is 0 Å². The van der Waals surface area contributed by atoms with Crippen LogP contribution < -0.4 is 5.56 Å². The third-order valence-electron chi connectivity index (χ3n) is 3.88. The maximum atomic E-state index is 12.9. The van der Waals surface area contributed by atoms with Crippen molar-refractivity contribution in [2.75, 3.05) is 26.2 Å². The average Bonchev–Trinajstić information content (AvgIpc) is 2.58. The molecule has 0 saturated carbocycles. The van der Waals surface area contributed by atoms with Gasteiger partial charge in [-0.05, 0) is 23.8 Å². The number of nitrogens with one attached hydrogen (secondary N) is 1. The van der Waals surface area contributed by atoms with Crippen LogP contribution in [0.25, 0.3) is 0 Å². The first-order chi connectivity index (χ1) is 11.1. The van der Waals surface area contributed by atoms with Crippen molar-refractivity contribution in [1.82, 2.24) is 20.0 Å². The number of halogens is 1. The molecule has 1 N–H and O–H groups in total. The lowest BCUT2D eigenvalue weighted by Gasteiger charge is -2.34. The highest BCUT2D eigenvalue weighted by Crippen LogP contribution is 2.11. The summed E-state index contributed by atoms with van der Waals surface area (Å²) < 4.78 is 12.9. The zero-order valence-electron chi connectivity index (χ0n) is 12.5. The molecule has 1 aliphatic heterocycles. The molecule has 3 rings (SSSR count). The topological polar surface area (TPSA) is 69.3 Å². The Morgan fingerprint density at radius 1 is 1.09 bits per heavy atom. The van der Waals surface area contributed by atoms with E-state index in [1.54, 1.807) is 17.0 Å². The van der Waals surface area contributed by atoms with Crippen molar-refractivity contribution in [3.05, 3.63) is 63.8 Å². The van der Waals surface area contributed by atoms with E-state index in [0.717, 1.165) is 25.2 Å². The van der Waals surface area contributed by atoms with Gasteiger partial charge < -0.3 is 4.90 Å². The average molecular weight is 316 g/mol. The summed E-state index contributed by atoms with van der Waals surface area (Å²) in [6.07, 6.45) is 0. The summed E-state index contributed by atoms with van der Waals surface area (Å²) in [6, 6.07) is 9.19. The lowest BCUT2D eigenvalue weighted by Crippen LogP contribution is -2.48. The van der Waals surface area contributed by atoms with Crippen LogP contribution in [0.5, 0.6) is 0 Å². The highest BCUT2D eigenvalue weighted by atomic mass is 19.1. The standard InChI is InChI=1S/C16H17FN4O2/c17-13-3-1-12(2-4-13)11-20-7-9-21(10-8-20)16(23)14-5-6-15(22)19-18-14/h1-6H,7-11H2,(H,19,22). The Morgan fingerprint density at radius 3 is 2.39 bits per heavy atom. The smallest absolute Gasteiger partial charge is 0.274 e. The van der Waals surface area contributed by atoms with Crippen molar-refractivity contribution in [3.63, 3.8) is 0 Å². The third-order valence-corrected chi connectivity index (χ3v) is 3.88. The molecule has 1 aromatic carbocycles. The van der Waals surface area contributed by atoms with Crippen molar-refractivity contribution in [3.8, 4) is 0 Å². The molecule has 0 spiro atoms. The number of H-pyrrole nitrogens is 1. The highest BCUT2D eigenvalue weighted by Gasteiger charge is 2.23. The van der Waals surface area contributed by atoms with Crippen molar-refractivity contribution in [2.24, 2.45) is 0 Å². The Morgan fingerprint density at radius 2 is 1.78 bits per heavy atom. The van der Waals surface area contributed by atoms with Crippen molar-refractivity contribution >= 4 is 5.91 Å². The fourth-order valence-corrected chi connectivity index (χ4v) is 2.58. The Hall–Kier alpha value is -2.54. The minimum Gasteiger partial charge on any atom is -0.335 e. The summed E-state index contributed by atoms with van der Waals surface area (Å²) >= 11 is 0. The number of nitrogens with zero attached hydrogens (tertiary/aromatic N) is 3. The zero-order chi connectivity index (χ0) is 16.2. The van der Waals surface area contributed by atoms with Crippen LogP contribution in [-0.2, 0) is 6.54 Å². The lowest BCUT2D eigenvalue weighted by molar-refractivity contribution is 0.0621. The van der Waals surface area contributed by atoms with E-state index in [-0.39, 0.29) is 23.0 Å². The van der Waals surface area contributed by atoms with Gasteiger partial charge in [-0.1, -0.05) is 12.1 Å². The van der Waals surface area contributed by atoms with Crippen LogP contribution in [-0.4, -0.2) is 52.1 Å². The predicted octanol–water partition coefficient (Wildman–Crippen LogP) is 0.867. The van der Waals surface area contributed by atoms with Gasteiger partial charge in [0, 0.05) is 38.8 Å². The SMILES string of the molecule is O=C(c1ccc(=O)[nH]n1)N1CCN(Cc2ccc(F)cc2)CC1. The minimum atomic E-state index is -0.328. The molecular weight excluding hydrogens is 299 g/mol. The Balaban J connectivity index is 1.55. The van der Waals surface area contributed by atoms with Gasteiger partial charge in [0.2, 0.25) is 0 Å². The Bertz CT molecular complexity index is 716. The molecule has 120 valence electrons. The molecule has 0 radical (unpaired) electrons. The van der Waals surface area contributed by atoms with Gasteiger partial charge in [0.15, 0.2) is 0 Å². The van der Waals surface area contributed by atoms with Crippen LogP contribution in [0.2, 0.25) is 0 Å². The van der Waals surface area contributed by atoms with Gasteiger partial charge in [-0.25, -0.2) is 9.49 Å². The minimum absolute atomic E-state index is 0.178. The summed E-state index contributed by atoms with van der Waals surface area (Å²) in [5, 5.41) is 6.04. The predicted molar refractivity (Wildman–Crippen MR) is 82.4 cm³/mol. The summed E-state index contributed by atoms with van der Waals surface area (Å²) in [5.74, 6) is -0.416. The van der Waals surface area contributed by atoms with Crippen molar-refractivity contribution in [1.29, 1.82) is 0 Å². The Labute approximate surface area is 132 Å². The molecule has 0 bridgehead atoms. The number of benzene rings is 1. The number of rotatable bonds is 3. The highest BCUT2D eigenvalue weighted by molar-refractivity contribution is 5.92. The molecule has 7 heteroatoms. The molecule has 1 fully saturated rings. The lowest BCUT2D eigenvalue weighted by atomic mass is 10.2. The quantitative estimate of drug-likeness (QED) is 0.912. The van der Waals surface area contributed by atoms with Crippen LogP contribution in [0.4, 0.5) is 4.39 Å². The monoisotopic (exact) mass is 316 g/mol. The van der Waals surface area contributed by atoms with Crippen LogP contribution in [0.3, 0.4) is 0 Å². The number of carbonyl (C=O) groups is 1.